The number of hydrogen-bond donors (Lipinski definition) is 0. The Balaban J connectivity index is 2.20. The summed E-state index contributed by atoms with van der Waals surface area (Å²) in [4.78, 5) is 28.4. The minimum atomic E-state index is -4.69. The highest BCUT2D eigenvalue weighted by molar-refractivity contribution is 9.10. The van der Waals surface area contributed by atoms with Crippen LogP contribution < -0.4 is 11.2 Å². The van der Waals surface area contributed by atoms with Gasteiger partial charge < -0.3 is 0 Å². The van der Waals surface area contributed by atoms with Gasteiger partial charge >= 0.3 is 11.9 Å². The zero-order chi connectivity index (χ0) is 19.2. The van der Waals surface area contributed by atoms with Crippen LogP contribution in [0.1, 0.15) is 11.3 Å². The fraction of sp³-hybridized carbons (Fsp3) is 0.188. The van der Waals surface area contributed by atoms with Crippen molar-refractivity contribution in [2.75, 3.05) is 0 Å². The van der Waals surface area contributed by atoms with Crippen LogP contribution in [0.5, 0.6) is 0 Å². The first kappa shape index (κ1) is 18.3. The highest BCUT2D eigenvalue weighted by atomic mass is 79.9. The van der Waals surface area contributed by atoms with E-state index in [1.54, 1.807) is 0 Å². The summed E-state index contributed by atoms with van der Waals surface area (Å²) in [6.07, 6.45) is -4.69. The Morgan fingerprint density at radius 2 is 1.85 bits per heavy atom. The summed E-state index contributed by atoms with van der Waals surface area (Å²) in [5, 5.41) is -0.124. The lowest BCUT2D eigenvalue weighted by atomic mass is 10.2. The third kappa shape index (κ3) is 3.16. The van der Waals surface area contributed by atoms with Crippen molar-refractivity contribution >= 4 is 27.0 Å². The maximum Gasteiger partial charge on any atom is 0.433 e. The SMILES string of the molecule is Cn1c(=O)n(Cc2ccc(F)c(Br)c2)c(=O)c2ccc(C(F)(F)F)nc21. The number of alkyl halides is 3. The number of pyridine rings is 1. The molecular formula is C16H10BrF4N3O2. The lowest BCUT2D eigenvalue weighted by molar-refractivity contribution is -0.141. The van der Waals surface area contributed by atoms with E-state index < -0.39 is 28.9 Å². The van der Waals surface area contributed by atoms with Crippen molar-refractivity contribution in [1.82, 2.24) is 14.1 Å². The van der Waals surface area contributed by atoms with Crippen molar-refractivity contribution in [3.05, 3.63) is 72.7 Å². The number of halogens is 5. The van der Waals surface area contributed by atoms with E-state index in [9.17, 15) is 27.2 Å². The van der Waals surface area contributed by atoms with Gasteiger partial charge in [-0.25, -0.2) is 14.2 Å². The van der Waals surface area contributed by atoms with Crippen molar-refractivity contribution < 1.29 is 17.6 Å². The molecule has 0 unspecified atom stereocenters. The van der Waals surface area contributed by atoms with Gasteiger partial charge in [0.05, 0.1) is 16.4 Å². The average Bonchev–Trinajstić information content (AvgIpc) is 2.58. The maximum absolute atomic E-state index is 13.3. The summed E-state index contributed by atoms with van der Waals surface area (Å²) < 4.78 is 53.7. The molecule has 0 spiro atoms. The Kier molecular flexibility index (Phi) is 4.47. The molecule has 5 nitrogen and oxygen atoms in total. The van der Waals surface area contributed by atoms with E-state index in [1.807, 2.05) is 0 Å². The molecule has 0 amide bonds. The summed E-state index contributed by atoms with van der Waals surface area (Å²) in [7, 11) is 1.23. The second kappa shape index (κ2) is 6.35. The van der Waals surface area contributed by atoms with Crippen LogP contribution in [0.25, 0.3) is 11.0 Å². The van der Waals surface area contributed by atoms with Gasteiger partial charge in [0.25, 0.3) is 5.56 Å². The highest BCUT2D eigenvalue weighted by Crippen LogP contribution is 2.28. The van der Waals surface area contributed by atoms with E-state index >= 15 is 0 Å². The summed E-state index contributed by atoms with van der Waals surface area (Å²) >= 11 is 3.01. The van der Waals surface area contributed by atoms with Gasteiger partial charge in [-0.2, -0.15) is 13.2 Å². The molecule has 0 atom stereocenters. The van der Waals surface area contributed by atoms with Gasteiger partial charge in [0.15, 0.2) is 0 Å². The third-order valence-electron chi connectivity index (χ3n) is 3.80. The smallest absolute Gasteiger partial charge is 0.280 e. The predicted octanol–water partition coefficient (Wildman–Crippen LogP) is 3.06. The van der Waals surface area contributed by atoms with Gasteiger partial charge in [-0.1, -0.05) is 6.07 Å². The fourth-order valence-corrected chi connectivity index (χ4v) is 2.92. The normalized spacial score (nSPS) is 11.9. The maximum atomic E-state index is 13.3. The van der Waals surface area contributed by atoms with Crippen molar-refractivity contribution in [1.29, 1.82) is 0 Å². The molecule has 1 aromatic carbocycles. The summed E-state index contributed by atoms with van der Waals surface area (Å²) in [6, 6.07) is 5.67. The standard InChI is InChI=1S/C16H10BrF4N3O2/c1-23-13-9(3-5-12(22-13)16(19,20)21)14(25)24(15(23)26)7-8-2-4-11(18)10(17)6-8/h2-6H,7H2,1H3. The largest absolute Gasteiger partial charge is 0.433 e. The van der Waals surface area contributed by atoms with Gasteiger partial charge in [0.2, 0.25) is 0 Å². The number of rotatable bonds is 2. The molecule has 136 valence electrons. The average molecular weight is 432 g/mol. The lowest BCUT2D eigenvalue weighted by Crippen LogP contribution is -2.39. The van der Waals surface area contributed by atoms with Gasteiger partial charge in [0, 0.05) is 7.05 Å². The molecule has 0 saturated heterocycles. The molecule has 0 bridgehead atoms. The Hall–Kier alpha value is -2.49. The van der Waals surface area contributed by atoms with E-state index in [0.717, 1.165) is 15.2 Å². The van der Waals surface area contributed by atoms with Crippen LogP contribution in [0.4, 0.5) is 17.6 Å². The predicted molar refractivity (Wildman–Crippen MR) is 89.4 cm³/mol. The summed E-state index contributed by atoms with van der Waals surface area (Å²) in [6.45, 7) is -0.165. The van der Waals surface area contributed by atoms with Crippen LogP contribution in [-0.4, -0.2) is 14.1 Å². The molecule has 0 fully saturated rings. The summed E-state index contributed by atoms with van der Waals surface area (Å²) in [5.74, 6) is -0.503. The zero-order valence-corrected chi connectivity index (χ0v) is 14.7. The molecule has 0 aliphatic rings. The second-order valence-corrected chi connectivity index (χ2v) is 6.40. The van der Waals surface area contributed by atoms with Crippen LogP contribution in [-0.2, 0) is 19.8 Å². The Morgan fingerprint density at radius 1 is 1.15 bits per heavy atom. The van der Waals surface area contributed by atoms with Crippen molar-refractivity contribution in [2.45, 2.75) is 12.7 Å². The Bertz CT molecular complexity index is 1140. The quantitative estimate of drug-likeness (QED) is 0.586. The van der Waals surface area contributed by atoms with Crippen LogP contribution in [0.15, 0.2) is 44.4 Å². The molecule has 10 heteroatoms. The van der Waals surface area contributed by atoms with E-state index in [0.29, 0.717) is 11.6 Å². The fourth-order valence-electron chi connectivity index (χ4n) is 2.49. The minimum absolute atomic E-state index is 0.124. The van der Waals surface area contributed by atoms with Gasteiger partial charge in [-0.05, 0) is 45.8 Å². The van der Waals surface area contributed by atoms with Crippen LogP contribution in [0.3, 0.4) is 0 Å². The van der Waals surface area contributed by atoms with Crippen molar-refractivity contribution in [3.63, 3.8) is 0 Å². The molecule has 0 radical (unpaired) electrons. The number of hydrogen-bond acceptors (Lipinski definition) is 3. The first-order chi connectivity index (χ1) is 12.1. The molecule has 26 heavy (non-hydrogen) atoms. The second-order valence-electron chi connectivity index (χ2n) is 5.55. The van der Waals surface area contributed by atoms with Gasteiger partial charge in [0.1, 0.15) is 17.2 Å². The van der Waals surface area contributed by atoms with Gasteiger partial charge in [-0.3, -0.25) is 13.9 Å². The number of aryl methyl sites for hydroxylation is 1. The Labute approximate surface area is 151 Å². The minimum Gasteiger partial charge on any atom is -0.280 e. The first-order valence-electron chi connectivity index (χ1n) is 7.21. The number of fused-ring (bicyclic) bond motifs is 1. The zero-order valence-electron chi connectivity index (χ0n) is 13.1. The Morgan fingerprint density at radius 3 is 2.46 bits per heavy atom. The van der Waals surface area contributed by atoms with E-state index in [2.05, 4.69) is 20.9 Å². The topological polar surface area (TPSA) is 56.9 Å². The molecule has 3 aromatic rings. The third-order valence-corrected chi connectivity index (χ3v) is 4.41. The van der Waals surface area contributed by atoms with Crippen molar-refractivity contribution in [3.8, 4) is 0 Å². The summed E-state index contributed by atoms with van der Waals surface area (Å²) in [5.41, 5.74) is -2.68. The van der Waals surface area contributed by atoms with E-state index in [-0.39, 0.29) is 22.1 Å². The molecule has 0 aliphatic carbocycles. The van der Waals surface area contributed by atoms with E-state index in [4.69, 9.17) is 0 Å². The molecule has 0 aliphatic heterocycles. The highest BCUT2D eigenvalue weighted by Gasteiger charge is 2.33. The molecule has 3 rings (SSSR count). The molecule has 2 heterocycles. The van der Waals surface area contributed by atoms with Crippen LogP contribution >= 0.6 is 15.9 Å². The lowest BCUT2D eigenvalue weighted by Gasteiger charge is -2.12. The van der Waals surface area contributed by atoms with Crippen molar-refractivity contribution in [2.24, 2.45) is 7.05 Å². The monoisotopic (exact) mass is 431 g/mol. The number of aromatic nitrogens is 3. The van der Waals surface area contributed by atoms with Crippen LogP contribution in [0.2, 0.25) is 0 Å². The molecule has 0 N–H and O–H groups in total. The molecular weight excluding hydrogens is 422 g/mol. The molecule has 2 aromatic heterocycles. The molecule has 0 saturated carbocycles. The van der Waals surface area contributed by atoms with E-state index in [1.165, 1.54) is 25.2 Å². The van der Waals surface area contributed by atoms with Gasteiger partial charge in [-0.15, -0.1) is 0 Å². The first-order valence-corrected chi connectivity index (χ1v) is 8.00. The number of nitrogens with zero attached hydrogens (tertiary/aromatic N) is 3. The van der Waals surface area contributed by atoms with Crippen LogP contribution in [0, 0.1) is 5.82 Å². The number of benzene rings is 1.